The van der Waals surface area contributed by atoms with Gasteiger partial charge in [-0.25, -0.2) is 9.97 Å². The molecule has 0 amide bonds. The molecule has 0 bridgehead atoms. The number of anilines is 1. The number of benzene rings is 1. The Hall–Kier alpha value is -2.67. The number of hydrogen-bond donors (Lipinski definition) is 1. The Morgan fingerprint density at radius 2 is 2.00 bits per heavy atom. The van der Waals surface area contributed by atoms with Crippen LogP contribution in [-0.4, -0.2) is 39.9 Å². The van der Waals surface area contributed by atoms with E-state index in [2.05, 4.69) is 15.1 Å². The van der Waals surface area contributed by atoms with Crippen molar-refractivity contribution in [2.24, 2.45) is 0 Å². The van der Waals surface area contributed by atoms with Crippen molar-refractivity contribution < 1.29 is 9.47 Å². The molecule has 2 aromatic heterocycles. The third kappa shape index (κ3) is 2.95. The number of nitrogens with two attached hydrogens (primary N) is 1. The third-order valence-corrected chi connectivity index (χ3v) is 3.61. The van der Waals surface area contributed by atoms with Gasteiger partial charge in [0, 0.05) is 24.2 Å². The number of methoxy groups -OCH3 is 1. The van der Waals surface area contributed by atoms with Crippen LogP contribution in [0.15, 0.2) is 30.6 Å². The van der Waals surface area contributed by atoms with Crippen LogP contribution < -0.4 is 10.5 Å². The average molecular weight is 313 g/mol. The molecular weight excluding hydrogens is 294 g/mol. The van der Waals surface area contributed by atoms with Crippen molar-refractivity contribution in [3.63, 3.8) is 0 Å². The lowest BCUT2D eigenvalue weighted by Crippen LogP contribution is -2.09. The Labute approximate surface area is 134 Å². The second-order valence-corrected chi connectivity index (χ2v) is 4.97. The quantitative estimate of drug-likeness (QED) is 0.700. The summed E-state index contributed by atoms with van der Waals surface area (Å²) < 4.78 is 12.2. The highest BCUT2D eigenvalue weighted by molar-refractivity contribution is 5.71. The molecule has 0 saturated carbocycles. The first kappa shape index (κ1) is 15.2. The zero-order valence-electron chi connectivity index (χ0n) is 13.2. The Bertz CT molecular complexity index is 798. The predicted molar refractivity (Wildman–Crippen MR) is 87.4 cm³/mol. The first-order valence-corrected chi connectivity index (χ1v) is 7.44. The summed E-state index contributed by atoms with van der Waals surface area (Å²) in [4.78, 5) is 8.85. The molecule has 0 aliphatic heterocycles. The molecule has 23 heavy (non-hydrogen) atoms. The fourth-order valence-electron chi connectivity index (χ4n) is 2.49. The van der Waals surface area contributed by atoms with Gasteiger partial charge >= 0.3 is 0 Å². The normalized spacial score (nSPS) is 11.0. The van der Waals surface area contributed by atoms with Crippen LogP contribution in [0, 0.1) is 0 Å². The minimum absolute atomic E-state index is 0.309. The van der Waals surface area contributed by atoms with E-state index < -0.39 is 0 Å². The molecule has 7 nitrogen and oxygen atoms in total. The van der Waals surface area contributed by atoms with E-state index in [-0.39, 0.29) is 0 Å². The van der Waals surface area contributed by atoms with Gasteiger partial charge in [0.25, 0.3) is 0 Å². The summed E-state index contributed by atoms with van der Waals surface area (Å²) >= 11 is 0. The summed E-state index contributed by atoms with van der Waals surface area (Å²) in [6, 6.07) is 7.70. The molecule has 0 aliphatic rings. The molecule has 3 rings (SSSR count). The smallest absolute Gasteiger partial charge is 0.223 e. The van der Waals surface area contributed by atoms with E-state index in [4.69, 9.17) is 15.2 Å². The molecule has 1 aromatic carbocycles. The predicted octanol–water partition coefficient (Wildman–Crippen LogP) is 1.96. The van der Waals surface area contributed by atoms with Gasteiger partial charge in [0.2, 0.25) is 5.95 Å². The van der Waals surface area contributed by atoms with Gasteiger partial charge in [-0.3, -0.25) is 0 Å². The van der Waals surface area contributed by atoms with E-state index in [1.54, 1.807) is 11.6 Å². The van der Waals surface area contributed by atoms with Crippen molar-refractivity contribution in [2.75, 3.05) is 26.1 Å². The molecule has 2 heterocycles. The van der Waals surface area contributed by atoms with Gasteiger partial charge in [0.05, 0.1) is 19.4 Å². The lowest BCUT2D eigenvalue weighted by Gasteiger charge is -2.12. The number of ether oxygens (including phenoxy) is 2. The second kappa shape index (κ2) is 6.62. The summed E-state index contributed by atoms with van der Waals surface area (Å²) in [5.74, 6) is 1.10. The number of fused-ring (bicyclic) bond motifs is 1. The number of rotatable bonds is 6. The van der Waals surface area contributed by atoms with Crippen LogP contribution in [-0.2, 0) is 11.2 Å². The van der Waals surface area contributed by atoms with Crippen LogP contribution in [0.5, 0.6) is 5.75 Å². The maximum absolute atomic E-state index is 6.01. The van der Waals surface area contributed by atoms with Gasteiger partial charge < -0.3 is 15.2 Å². The first-order valence-electron chi connectivity index (χ1n) is 7.44. The van der Waals surface area contributed by atoms with Crippen LogP contribution in [0.4, 0.5) is 5.95 Å². The highest BCUT2D eigenvalue weighted by Gasteiger charge is 2.16. The van der Waals surface area contributed by atoms with Gasteiger partial charge in [-0.15, -0.1) is 0 Å². The molecule has 0 atom stereocenters. The summed E-state index contributed by atoms with van der Waals surface area (Å²) in [7, 11) is 1.64. The van der Waals surface area contributed by atoms with Gasteiger partial charge in [0.15, 0.2) is 5.65 Å². The second-order valence-electron chi connectivity index (χ2n) is 4.97. The lowest BCUT2D eigenvalue weighted by atomic mass is 10.0. The fourth-order valence-corrected chi connectivity index (χ4v) is 2.49. The molecule has 0 radical (unpaired) electrons. The highest BCUT2D eigenvalue weighted by Crippen LogP contribution is 2.27. The van der Waals surface area contributed by atoms with Crippen LogP contribution >= 0.6 is 0 Å². The number of aromatic nitrogens is 4. The van der Waals surface area contributed by atoms with Gasteiger partial charge in [-0.2, -0.15) is 9.61 Å². The van der Waals surface area contributed by atoms with Gasteiger partial charge in [0.1, 0.15) is 12.1 Å². The van der Waals surface area contributed by atoms with Crippen LogP contribution in [0.25, 0.3) is 16.9 Å². The molecule has 120 valence electrons. The van der Waals surface area contributed by atoms with Crippen molar-refractivity contribution in [1.29, 1.82) is 0 Å². The number of nitrogens with zero attached hydrogens (tertiary/aromatic N) is 4. The Balaban J connectivity index is 2.10. The zero-order valence-corrected chi connectivity index (χ0v) is 13.2. The van der Waals surface area contributed by atoms with E-state index in [1.165, 1.54) is 6.33 Å². The summed E-state index contributed by atoms with van der Waals surface area (Å²) in [6.45, 7) is 3.23. The number of nitrogen functional groups attached to an aromatic ring is 1. The van der Waals surface area contributed by atoms with Crippen LogP contribution in [0.1, 0.15) is 12.5 Å². The van der Waals surface area contributed by atoms with Crippen molar-refractivity contribution in [3.05, 3.63) is 36.2 Å². The molecule has 0 fully saturated rings. The Morgan fingerprint density at radius 3 is 2.70 bits per heavy atom. The molecular formula is C16H19N5O2. The fraction of sp³-hybridized carbons (Fsp3) is 0.312. The van der Waals surface area contributed by atoms with Crippen LogP contribution in [0.3, 0.4) is 0 Å². The third-order valence-electron chi connectivity index (χ3n) is 3.61. The van der Waals surface area contributed by atoms with Crippen LogP contribution in [0.2, 0.25) is 0 Å². The Kier molecular flexibility index (Phi) is 4.38. The monoisotopic (exact) mass is 313 g/mol. The van der Waals surface area contributed by atoms with E-state index >= 15 is 0 Å². The van der Waals surface area contributed by atoms with Crippen molar-refractivity contribution >= 4 is 11.6 Å². The van der Waals surface area contributed by atoms with Gasteiger partial charge in [-0.1, -0.05) is 0 Å². The maximum atomic E-state index is 6.01. The largest absolute Gasteiger partial charge is 0.497 e. The van der Waals surface area contributed by atoms with E-state index in [0.29, 0.717) is 31.2 Å². The summed E-state index contributed by atoms with van der Waals surface area (Å²) in [6.07, 6.45) is 2.17. The molecule has 0 aliphatic carbocycles. The Morgan fingerprint density at radius 1 is 1.22 bits per heavy atom. The summed E-state index contributed by atoms with van der Waals surface area (Å²) in [5.41, 5.74) is 9.44. The SMILES string of the molecule is CCOCCc1c(-c2ccc(OC)cc2)nc(N)n2ncnc12. The van der Waals surface area contributed by atoms with Crippen molar-refractivity contribution in [2.45, 2.75) is 13.3 Å². The minimum Gasteiger partial charge on any atom is -0.497 e. The lowest BCUT2D eigenvalue weighted by molar-refractivity contribution is 0.151. The maximum Gasteiger partial charge on any atom is 0.223 e. The zero-order chi connectivity index (χ0) is 16.2. The topological polar surface area (TPSA) is 87.6 Å². The molecule has 3 aromatic rings. The number of hydrogen-bond acceptors (Lipinski definition) is 6. The minimum atomic E-state index is 0.309. The van der Waals surface area contributed by atoms with Crippen molar-refractivity contribution in [3.8, 4) is 17.0 Å². The molecule has 0 saturated heterocycles. The molecule has 0 unspecified atom stereocenters. The summed E-state index contributed by atoms with van der Waals surface area (Å²) in [5, 5.41) is 4.13. The van der Waals surface area contributed by atoms with Gasteiger partial charge in [-0.05, 0) is 31.2 Å². The molecule has 7 heteroatoms. The molecule has 2 N–H and O–H groups in total. The average Bonchev–Trinajstić information content (AvgIpc) is 3.07. The van der Waals surface area contributed by atoms with Crippen molar-refractivity contribution in [1.82, 2.24) is 19.6 Å². The first-order chi connectivity index (χ1) is 11.2. The van der Waals surface area contributed by atoms with E-state index in [0.717, 1.165) is 22.6 Å². The molecule has 0 spiro atoms. The standard InChI is InChI=1S/C16H19N5O2/c1-3-23-9-8-13-14(11-4-6-12(22-2)7-5-11)20-16(17)21-15(13)18-10-19-21/h4-7,10H,3,8-9H2,1-2H3,(H2,17,20). The highest BCUT2D eigenvalue weighted by atomic mass is 16.5. The van der Waals surface area contributed by atoms with E-state index in [1.807, 2.05) is 31.2 Å². The van der Waals surface area contributed by atoms with E-state index in [9.17, 15) is 0 Å².